The third kappa shape index (κ3) is 3.15. The van der Waals surface area contributed by atoms with Crippen LogP contribution in [0.3, 0.4) is 0 Å². The van der Waals surface area contributed by atoms with Crippen molar-refractivity contribution in [2.45, 2.75) is 25.9 Å². The Morgan fingerprint density at radius 3 is 2.85 bits per heavy atom. The molecule has 1 rings (SSSR count). The van der Waals surface area contributed by atoms with Gasteiger partial charge in [0.25, 0.3) is 0 Å². The molecule has 0 saturated carbocycles. The van der Waals surface area contributed by atoms with Crippen LogP contribution in [-0.2, 0) is 6.42 Å². The highest BCUT2D eigenvalue weighted by Crippen LogP contribution is 2.17. The van der Waals surface area contributed by atoms with Crippen LogP contribution in [0.15, 0.2) is 24.3 Å². The van der Waals surface area contributed by atoms with Crippen molar-refractivity contribution in [1.29, 1.82) is 0 Å². The fourth-order valence-corrected chi connectivity index (χ4v) is 1.30. The lowest BCUT2D eigenvalue weighted by Crippen LogP contribution is -2.00. The minimum absolute atomic E-state index is 0.690. The van der Waals surface area contributed by atoms with Gasteiger partial charge in [-0.15, -0.1) is 0 Å². The maximum absolute atomic E-state index is 12.9. The van der Waals surface area contributed by atoms with E-state index in [1.54, 1.807) is 6.92 Å². The van der Waals surface area contributed by atoms with Crippen LogP contribution in [0, 0.1) is 0 Å². The predicted molar refractivity (Wildman–Crippen MR) is 53.3 cm³/mol. The van der Waals surface area contributed by atoms with Crippen molar-refractivity contribution in [2.75, 3.05) is 6.54 Å². The van der Waals surface area contributed by atoms with Gasteiger partial charge in [-0.3, -0.25) is 0 Å². The predicted octanol–water partition coefficient (Wildman–Crippen LogP) is 2.61. The first-order valence-corrected chi connectivity index (χ1v) is 4.67. The van der Waals surface area contributed by atoms with E-state index < -0.39 is 6.17 Å². The monoisotopic (exact) mass is 181 g/mol. The Morgan fingerprint density at radius 1 is 1.46 bits per heavy atom. The fraction of sp³-hybridized carbons (Fsp3) is 0.455. The third-order valence-corrected chi connectivity index (χ3v) is 2.08. The van der Waals surface area contributed by atoms with Crippen molar-refractivity contribution in [3.63, 3.8) is 0 Å². The average molecular weight is 181 g/mol. The van der Waals surface area contributed by atoms with Crippen LogP contribution in [0.4, 0.5) is 4.39 Å². The lowest BCUT2D eigenvalue weighted by atomic mass is 10.0. The molecule has 0 spiro atoms. The molecule has 1 aromatic carbocycles. The van der Waals surface area contributed by atoms with Gasteiger partial charge < -0.3 is 5.73 Å². The summed E-state index contributed by atoms with van der Waals surface area (Å²) in [5.41, 5.74) is 7.33. The summed E-state index contributed by atoms with van der Waals surface area (Å²) in [6.07, 6.45) is 1.03. The van der Waals surface area contributed by atoms with E-state index in [-0.39, 0.29) is 0 Å². The van der Waals surface area contributed by atoms with Gasteiger partial charge in [0.05, 0.1) is 0 Å². The van der Waals surface area contributed by atoms with E-state index in [9.17, 15) is 4.39 Å². The molecule has 13 heavy (non-hydrogen) atoms. The quantitative estimate of drug-likeness (QED) is 0.759. The van der Waals surface area contributed by atoms with E-state index >= 15 is 0 Å². The van der Waals surface area contributed by atoms with Crippen molar-refractivity contribution in [3.05, 3.63) is 35.4 Å². The standard InChI is InChI=1S/C11H16FN/c1-9(12)11-6-2-4-10(8-11)5-3-7-13/h2,4,6,8-9H,3,5,7,13H2,1H3. The van der Waals surface area contributed by atoms with Crippen LogP contribution in [-0.4, -0.2) is 6.54 Å². The molecule has 0 saturated heterocycles. The zero-order valence-corrected chi connectivity index (χ0v) is 7.96. The number of hydrogen-bond acceptors (Lipinski definition) is 1. The zero-order chi connectivity index (χ0) is 9.68. The van der Waals surface area contributed by atoms with Crippen molar-refractivity contribution in [2.24, 2.45) is 5.73 Å². The van der Waals surface area contributed by atoms with Gasteiger partial charge in [-0.25, -0.2) is 4.39 Å². The first-order chi connectivity index (χ1) is 6.24. The molecule has 0 aliphatic carbocycles. The molecule has 72 valence electrons. The first-order valence-electron chi connectivity index (χ1n) is 4.67. The maximum Gasteiger partial charge on any atom is 0.122 e. The van der Waals surface area contributed by atoms with E-state index in [0.29, 0.717) is 6.54 Å². The summed E-state index contributed by atoms with van der Waals surface area (Å²) in [6, 6.07) is 7.65. The second kappa shape index (κ2) is 4.97. The Morgan fingerprint density at radius 2 is 2.23 bits per heavy atom. The fourth-order valence-electron chi connectivity index (χ4n) is 1.30. The molecule has 2 heteroatoms. The van der Waals surface area contributed by atoms with Crippen LogP contribution < -0.4 is 5.73 Å². The minimum Gasteiger partial charge on any atom is -0.330 e. The van der Waals surface area contributed by atoms with Crippen molar-refractivity contribution in [3.8, 4) is 0 Å². The van der Waals surface area contributed by atoms with Gasteiger partial charge in [0, 0.05) is 0 Å². The molecule has 0 amide bonds. The largest absolute Gasteiger partial charge is 0.330 e. The van der Waals surface area contributed by atoms with Crippen LogP contribution in [0.1, 0.15) is 30.6 Å². The lowest BCUT2D eigenvalue weighted by molar-refractivity contribution is 0.374. The van der Waals surface area contributed by atoms with Crippen molar-refractivity contribution >= 4 is 0 Å². The average Bonchev–Trinajstić information content (AvgIpc) is 2.15. The molecule has 0 heterocycles. The number of nitrogens with two attached hydrogens (primary N) is 1. The van der Waals surface area contributed by atoms with Crippen molar-refractivity contribution in [1.82, 2.24) is 0 Å². The van der Waals surface area contributed by atoms with Crippen LogP contribution in [0.5, 0.6) is 0 Å². The molecule has 0 aromatic heterocycles. The molecule has 1 atom stereocenters. The zero-order valence-electron chi connectivity index (χ0n) is 7.96. The number of alkyl halides is 1. The molecule has 2 N–H and O–H groups in total. The molecule has 1 unspecified atom stereocenters. The van der Waals surface area contributed by atoms with Crippen LogP contribution >= 0.6 is 0 Å². The minimum atomic E-state index is -0.877. The van der Waals surface area contributed by atoms with Crippen LogP contribution in [0.25, 0.3) is 0 Å². The summed E-state index contributed by atoms with van der Waals surface area (Å²) >= 11 is 0. The van der Waals surface area contributed by atoms with Gasteiger partial charge in [0.2, 0.25) is 0 Å². The Kier molecular flexibility index (Phi) is 3.90. The van der Waals surface area contributed by atoms with Crippen LogP contribution in [0.2, 0.25) is 0 Å². The van der Waals surface area contributed by atoms with Crippen molar-refractivity contribution < 1.29 is 4.39 Å². The number of hydrogen-bond donors (Lipinski definition) is 1. The number of benzene rings is 1. The number of rotatable bonds is 4. The van der Waals surface area contributed by atoms with Gasteiger partial charge in [-0.05, 0) is 37.4 Å². The van der Waals surface area contributed by atoms with Gasteiger partial charge in [0.1, 0.15) is 6.17 Å². The third-order valence-electron chi connectivity index (χ3n) is 2.08. The summed E-state index contributed by atoms with van der Waals surface area (Å²) < 4.78 is 12.9. The topological polar surface area (TPSA) is 26.0 Å². The SMILES string of the molecule is CC(F)c1cccc(CCCN)c1. The normalized spacial score (nSPS) is 12.8. The molecule has 0 bridgehead atoms. The van der Waals surface area contributed by atoms with Gasteiger partial charge in [-0.2, -0.15) is 0 Å². The summed E-state index contributed by atoms with van der Waals surface area (Å²) in [5.74, 6) is 0. The highest BCUT2D eigenvalue weighted by atomic mass is 19.1. The summed E-state index contributed by atoms with van der Waals surface area (Å²) in [4.78, 5) is 0. The Balaban J connectivity index is 2.68. The van der Waals surface area contributed by atoms with E-state index in [4.69, 9.17) is 5.73 Å². The first kappa shape index (κ1) is 10.2. The molecule has 1 nitrogen and oxygen atoms in total. The lowest BCUT2D eigenvalue weighted by Gasteiger charge is -2.05. The van der Waals surface area contributed by atoms with E-state index in [0.717, 1.165) is 18.4 Å². The van der Waals surface area contributed by atoms with E-state index in [1.165, 1.54) is 5.56 Å². The van der Waals surface area contributed by atoms with E-state index in [2.05, 4.69) is 0 Å². The smallest absolute Gasteiger partial charge is 0.122 e. The Labute approximate surface area is 78.8 Å². The summed E-state index contributed by atoms with van der Waals surface area (Å²) in [7, 11) is 0. The summed E-state index contributed by atoms with van der Waals surface area (Å²) in [5, 5.41) is 0. The number of halogens is 1. The second-order valence-electron chi connectivity index (χ2n) is 3.25. The maximum atomic E-state index is 12.9. The molecular formula is C11H16FN. The number of aryl methyl sites for hydroxylation is 1. The van der Waals surface area contributed by atoms with Gasteiger partial charge in [0.15, 0.2) is 0 Å². The van der Waals surface area contributed by atoms with E-state index in [1.807, 2.05) is 24.3 Å². The molecule has 0 aliphatic rings. The van der Waals surface area contributed by atoms with Gasteiger partial charge >= 0.3 is 0 Å². The second-order valence-corrected chi connectivity index (χ2v) is 3.25. The molecule has 0 aliphatic heterocycles. The molecule has 1 aromatic rings. The molecule has 0 radical (unpaired) electrons. The van der Waals surface area contributed by atoms with Gasteiger partial charge in [-0.1, -0.05) is 24.3 Å². The highest BCUT2D eigenvalue weighted by Gasteiger charge is 2.02. The summed E-state index contributed by atoms with van der Waals surface area (Å²) in [6.45, 7) is 2.25. The molecule has 0 fully saturated rings. The Hall–Kier alpha value is -0.890. The Bertz CT molecular complexity index is 258. The highest BCUT2D eigenvalue weighted by molar-refractivity contribution is 5.24. The molecular weight excluding hydrogens is 165 g/mol.